The highest BCUT2D eigenvalue weighted by atomic mass is 32.2. The standard InChI is InChI=1S/C17H26N6O3S/c1-11-12(2)14(9-8-13(11)26-7)27(24,25)18-10-15-19-16(22(3)4)21-17(20-15)23(5)6/h8-9,18H,10H2,1-7H3. The summed E-state index contributed by atoms with van der Waals surface area (Å²) in [4.78, 5) is 16.6. The molecule has 1 N–H and O–H groups in total. The SMILES string of the molecule is COc1ccc(S(=O)(=O)NCc2nc(N(C)C)nc(N(C)C)n2)c(C)c1C. The number of sulfonamides is 1. The fourth-order valence-corrected chi connectivity index (χ4v) is 3.67. The third kappa shape index (κ3) is 4.64. The Bertz CT molecular complexity index is 902. The van der Waals surface area contributed by atoms with Gasteiger partial charge in [0.2, 0.25) is 21.9 Å². The zero-order valence-electron chi connectivity index (χ0n) is 16.7. The monoisotopic (exact) mass is 394 g/mol. The second kappa shape index (κ2) is 8.05. The van der Waals surface area contributed by atoms with E-state index in [-0.39, 0.29) is 11.4 Å². The fraction of sp³-hybridized carbons (Fsp3) is 0.471. The van der Waals surface area contributed by atoms with Gasteiger partial charge in [-0.3, -0.25) is 0 Å². The lowest BCUT2D eigenvalue weighted by Gasteiger charge is -2.17. The van der Waals surface area contributed by atoms with E-state index in [1.54, 1.807) is 29.9 Å². The van der Waals surface area contributed by atoms with Crippen molar-refractivity contribution in [1.82, 2.24) is 19.7 Å². The second-order valence-corrected chi connectivity index (χ2v) is 8.22. The number of hydrogen-bond acceptors (Lipinski definition) is 8. The first-order chi connectivity index (χ1) is 12.6. The number of aromatic nitrogens is 3. The van der Waals surface area contributed by atoms with E-state index >= 15 is 0 Å². The molecule has 0 aliphatic rings. The molecule has 0 atom stereocenters. The Balaban J connectivity index is 2.32. The first-order valence-corrected chi connectivity index (χ1v) is 9.78. The van der Waals surface area contributed by atoms with Gasteiger partial charge in [-0.1, -0.05) is 0 Å². The van der Waals surface area contributed by atoms with E-state index in [2.05, 4.69) is 19.7 Å². The van der Waals surface area contributed by atoms with Gasteiger partial charge in [-0.25, -0.2) is 13.1 Å². The Hall–Kier alpha value is -2.46. The van der Waals surface area contributed by atoms with Crippen LogP contribution < -0.4 is 19.3 Å². The molecule has 0 aliphatic heterocycles. The van der Waals surface area contributed by atoms with Gasteiger partial charge in [-0.2, -0.15) is 15.0 Å². The molecule has 2 aromatic rings. The Kier molecular flexibility index (Phi) is 6.22. The molecule has 0 aliphatic carbocycles. The summed E-state index contributed by atoms with van der Waals surface area (Å²) in [6.45, 7) is 3.53. The molecular formula is C17H26N6O3S. The third-order valence-corrected chi connectivity index (χ3v) is 5.62. The van der Waals surface area contributed by atoms with E-state index in [1.807, 2.05) is 35.1 Å². The van der Waals surface area contributed by atoms with Crippen LogP contribution in [0.1, 0.15) is 17.0 Å². The summed E-state index contributed by atoms with van der Waals surface area (Å²) >= 11 is 0. The van der Waals surface area contributed by atoms with Crippen LogP contribution in [0, 0.1) is 13.8 Å². The maximum Gasteiger partial charge on any atom is 0.241 e. The Morgan fingerprint density at radius 3 is 2.00 bits per heavy atom. The molecule has 0 fully saturated rings. The summed E-state index contributed by atoms with van der Waals surface area (Å²) in [5, 5.41) is 0. The van der Waals surface area contributed by atoms with Crippen molar-refractivity contribution in [3.8, 4) is 5.75 Å². The van der Waals surface area contributed by atoms with E-state index in [1.165, 1.54) is 6.07 Å². The predicted molar refractivity (Wildman–Crippen MR) is 105 cm³/mol. The van der Waals surface area contributed by atoms with Crippen molar-refractivity contribution in [1.29, 1.82) is 0 Å². The molecule has 2 rings (SSSR count). The highest BCUT2D eigenvalue weighted by Gasteiger charge is 2.20. The number of anilines is 2. The van der Waals surface area contributed by atoms with E-state index in [0.717, 1.165) is 5.56 Å². The van der Waals surface area contributed by atoms with Gasteiger partial charge in [0.1, 0.15) is 5.75 Å². The second-order valence-electron chi connectivity index (χ2n) is 6.48. The van der Waals surface area contributed by atoms with Crippen molar-refractivity contribution in [2.75, 3.05) is 45.1 Å². The minimum Gasteiger partial charge on any atom is -0.496 e. The van der Waals surface area contributed by atoms with Crippen LogP contribution in [0.5, 0.6) is 5.75 Å². The molecule has 0 saturated carbocycles. The lowest BCUT2D eigenvalue weighted by Crippen LogP contribution is -2.27. The van der Waals surface area contributed by atoms with E-state index in [0.29, 0.717) is 29.0 Å². The molecule has 27 heavy (non-hydrogen) atoms. The molecule has 1 aromatic carbocycles. The molecule has 0 radical (unpaired) electrons. The zero-order chi connectivity index (χ0) is 20.4. The normalized spacial score (nSPS) is 11.4. The molecule has 0 amide bonds. The van der Waals surface area contributed by atoms with Gasteiger partial charge in [-0.15, -0.1) is 0 Å². The van der Waals surface area contributed by atoms with Crippen LogP contribution >= 0.6 is 0 Å². The van der Waals surface area contributed by atoms with Gasteiger partial charge in [0, 0.05) is 28.2 Å². The fourth-order valence-electron chi connectivity index (χ4n) is 2.39. The summed E-state index contributed by atoms with van der Waals surface area (Å²) in [5.41, 5.74) is 1.42. The van der Waals surface area contributed by atoms with Crippen molar-refractivity contribution >= 4 is 21.9 Å². The lowest BCUT2D eigenvalue weighted by molar-refractivity contribution is 0.410. The van der Waals surface area contributed by atoms with Crippen LogP contribution in [0.2, 0.25) is 0 Å². The van der Waals surface area contributed by atoms with Crippen LogP contribution in [-0.4, -0.2) is 58.7 Å². The largest absolute Gasteiger partial charge is 0.496 e. The topological polar surface area (TPSA) is 101 Å². The number of nitrogens with zero attached hydrogens (tertiary/aromatic N) is 5. The molecule has 0 saturated heterocycles. The highest BCUT2D eigenvalue weighted by molar-refractivity contribution is 7.89. The Labute approximate surface area is 160 Å². The minimum atomic E-state index is -3.74. The summed E-state index contributed by atoms with van der Waals surface area (Å²) in [6.07, 6.45) is 0. The number of methoxy groups -OCH3 is 1. The van der Waals surface area contributed by atoms with Crippen LogP contribution in [0.4, 0.5) is 11.9 Å². The summed E-state index contributed by atoms with van der Waals surface area (Å²) in [7, 11) is 5.07. The van der Waals surface area contributed by atoms with Crippen LogP contribution in [0.3, 0.4) is 0 Å². The number of benzene rings is 1. The molecule has 148 valence electrons. The molecule has 1 heterocycles. The Morgan fingerprint density at radius 1 is 0.963 bits per heavy atom. The maximum atomic E-state index is 12.8. The van der Waals surface area contributed by atoms with Gasteiger partial charge >= 0.3 is 0 Å². The lowest BCUT2D eigenvalue weighted by atomic mass is 10.1. The maximum absolute atomic E-state index is 12.8. The summed E-state index contributed by atoms with van der Waals surface area (Å²) in [6, 6.07) is 3.18. The van der Waals surface area contributed by atoms with Gasteiger partial charge in [0.15, 0.2) is 5.82 Å². The molecule has 9 nitrogen and oxygen atoms in total. The van der Waals surface area contributed by atoms with Crippen molar-refractivity contribution in [2.24, 2.45) is 0 Å². The van der Waals surface area contributed by atoms with E-state index in [4.69, 9.17) is 4.74 Å². The number of rotatable bonds is 7. The van der Waals surface area contributed by atoms with E-state index < -0.39 is 10.0 Å². The van der Waals surface area contributed by atoms with Crippen LogP contribution in [-0.2, 0) is 16.6 Å². The molecule has 1 aromatic heterocycles. The van der Waals surface area contributed by atoms with E-state index in [9.17, 15) is 8.42 Å². The van der Waals surface area contributed by atoms with Crippen molar-refractivity contribution in [3.63, 3.8) is 0 Å². The minimum absolute atomic E-state index is 0.0446. The average Bonchev–Trinajstić information content (AvgIpc) is 2.61. The van der Waals surface area contributed by atoms with Crippen molar-refractivity contribution < 1.29 is 13.2 Å². The van der Waals surface area contributed by atoms with Gasteiger partial charge < -0.3 is 14.5 Å². The van der Waals surface area contributed by atoms with Gasteiger partial charge in [-0.05, 0) is 37.1 Å². The molecule has 0 bridgehead atoms. The molecule has 0 spiro atoms. The Morgan fingerprint density at radius 2 is 1.52 bits per heavy atom. The van der Waals surface area contributed by atoms with Crippen molar-refractivity contribution in [3.05, 3.63) is 29.1 Å². The smallest absolute Gasteiger partial charge is 0.241 e. The number of nitrogens with one attached hydrogen (secondary N) is 1. The summed E-state index contributed by atoms with van der Waals surface area (Å²) < 4.78 is 33.4. The first kappa shape index (κ1) is 20.8. The van der Waals surface area contributed by atoms with Crippen molar-refractivity contribution in [2.45, 2.75) is 25.3 Å². The number of ether oxygens (including phenoxy) is 1. The third-order valence-electron chi connectivity index (χ3n) is 4.08. The van der Waals surface area contributed by atoms with Crippen LogP contribution in [0.25, 0.3) is 0 Å². The first-order valence-electron chi connectivity index (χ1n) is 8.30. The molecule has 10 heteroatoms. The van der Waals surface area contributed by atoms with Gasteiger partial charge in [0.25, 0.3) is 0 Å². The zero-order valence-corrected chi connectivity index (χ0v) is 17.5. The molecular weight excluding hydrogens is 368 g/mol. The molecule has 0 unspecified atom stereocenters. The summed E-state index contributed by atoms with van der Waals surface area (Å²) in [5.74, 6) is 1.90. The van der Waals surface area contributed by atoms with Crippen LogP contribution in [0.15, 0.2) is 17.0 Å². The average molecular weight is 395 g/mol. The predicted octanol–water partition coefficient (Wildman–Crippen LogP) is 1.11. The van der Waals surface area contributed by atoms with Gasteiger partial charge in [0.05, 0.1) is 18.6 Å². The quantitative estimate of drug-likeness (QED) is 0.745. The highest BCUT2D eigenvalue weighted by Crippen LogP contribution is 2.26. The number of hydrogen-bond donors (Lipinski definition) is 1.